The molecule has 1 amide bonds. The van der Waals surface area contributed by atoms with Gasteiger partial charge in [0.05, 0.1) is 6.07 Å². The van der Waals surface area contributed by atoms with Crippen LogP contribution in [0.4, 0.5) is 4.39 Å². The lowest BCUT2D eigenvalue weighted by atomic mass is 9.95. The monoisotopic (exact) mass is 313 g/mol. The van der Waals surface area contributed by atoms with Crippen molar-refractivity contribution >= 4 is 5.91 Å². The molecule has 2 aromatic rings. The van der Waals surface area contributed by atoms with Crippen molar-refractivity contribution in [1.29, 1.82) is 5.26 Å². The fraction of sp³-hybridized carbons (Fsp3) is 0.235. The fourth-order valence-electron chi connectivity index (χ4n) is 1.74. The molecule has 0 aliphatic heterocycles. The van der Waals surface area contributed by atoms with Crippen molar-refractivity contribution in [2.75, 3.05) is 0 Å². The SMILES string of the molecule is CC(C)(C#N)C(=O)NCc1cccnc1Oc1cccc(F)c1. The van der Waals surface area contributed by atoms with E-state index in [-0.39, 0.29) is 18.3 Å². The van der Waals surface area contributed by atoms with Crippen LogP contribution in [-0.4, -0.2) is 10.9 Å². The third-order valence-corrected chi connectivity index (χ3v) is 3.15. The molecule has 1 aromatic heterocycles. The van der Waals surface area contributed by atoms with E-state index in [1.54, 1.807) is 24.4 Å². The van der Waals surface area contributed by atoms with Gasteiger partial charge in [0.15, 0.2) is 0 Å². The molecule has 6 heteroatoms. The van der Waals surface area contributed by atoms with E-state index in [0.29, 0.717) is 11.3 Å². The van der Waals surface area contributed by atoms with E-state index in [4.69, 9.17) is 10.00 Å². The van der Waals surface area contributed by atoms with Crippen molar-refractivity contribution in [2.24, 2.45) is 5.41 Å². The second-order valence-electron chi connectivity index (χ2n) is 5.45. The molecule has 0 fully saturated rings. The number of nitrogens with zero attached hydrogens (tertiary/aromatic N) is 2. The van der Waals surface area contributed by atoms with Crippen LogP contribution in [0.1, 0.15) is 19.4 Å². The molecule has 0 atom stereocenters. The summed E-state index contributed by atoms with van der Waals surface area (Å²) in [6, 6.07) is 11.1. The zero-order chi connectivity index (χ0) is 16.9. The second kappa shape index (κ2) is 6.88. The summed E-state index contributed by atoms with van der Waals surface area (Å²) in [7, 11) is 0. The zero-order valence-corrected chi connectivity index (χ0v) is 12.8. The van der Waals surface area contributed by atoms with E-state index in [9.17, 15) is 9.18 Å². The first-order chi connectivity index (χ1) is 10.9. The van der Waals surface area contributed by atoms with Crippen molar-refractivity contribution in [3.63, 3.8) is 0 Å². The molecule has 1 heterocycles. The van der Waals surface area contributed by atoms with E-state index in [2.05, 4.69) is 10.3 Å². The molecule has 0 radical (unpaired) electrons. The van der Waals surface area contributed by atoms with Crippen molar-refractivity contribution in [3.05, 3.63) is 54.0 Å². The van der Waals surface area contributed by atoms with Gasteiger partial charge in [-0.05, 0) is 32.0 Å². The third-order valence-electron chi connectivity index (χ3n) is 3.15. The summed E-state index contributed by atoms with van der Waals surface area (Å²) in [5.41, 5.74) is -0.495. The number of amides is 1. The van der Waals surface area contributed by atoms with Gasteiger partial charge in [-0.2, -0.15) is 5.26 Å². The topological polar surface area (TPSA) is 75.0 Å². The number of carbonyl (C=O) groups excluding carboxylic acids is 1. The molecule has 0 aliphatic carbocycles. The van der Waals surface area contributed by atoms with Gasteiger partial charge in [-0.1, -0.05) is 12.1 Å². The summed E-state index contributed by atoms with van der Waals surface area (Å²) in [4.78, 5) is 16.0. The number of hydrogen-bond donors (Lipinski definition) is 1. The Bertz CT molecular complexity index is 753. The van der Waals surface area contributed by atoms with E-state index in [1.807, 2.05) is 6.07 Å². The largest absolute Gasteiger partial charge is 0.439 e. The van der Waals surface area contributed by atoms with Crippen LogP contribution in [0.3, 0.4) is 0 Å². The first kappa shape index (κ1) is 16.4. The van der Waals surface area contributed by atoms with E-state index in [1.165, 1.54) is 32.0 Å². The van der Waals surface area contributed by atoms with E-state index in [0.717, 1.165) is 0 Å². The molecule has 0 saturated heterocycles. The molecule has 0 saturated carbocycles. The van der Waals surface area contributed by atoms with Gasteiger partial charge in [-0.3, -0.25) is 4.79 Å². The predicted molar refractivity (Wildman–Crippen MR) is 82.0 cm³/mol. The molecule has 118 valence electrons. The van der Waals surface area contributed by atoms with Crippen molar-refractivity contribution in [2.45, 2.75) is 20.4 Å². The van der Waals surface area contributed by atoms with Crippen LogP contribution in [0.5, 0.6) is 11.6 Å². The van der Waals surface area contributed by atoms with Crippen molar-refractivity contribution in [1.82, 2.24) is 10.3 Å². The van der Waals surface area contributed by atoms with Crippen LogP contribution in [0.2, 0.25) is 0 Å². The first-order valence-corrected chi connectivity index (χ1v) is 6.99. The summed E-state index contributed by atoms with van der Waals surface area (Å²) < 4.78 is 18.8. The van der Waals surface area contributed by atoms with Crippen LogP contribution < -0.4 is 10.1 Å². The molecule has 0 spiro atoms. The highest BCUT2D eigenvalue weighted by molar-refractivity contribution is 5.84. The Morgan fingerprint density at radius 1 is 1.39 bits per heavy atom. The summed E-state index contributed by atoms with van der Waals surface area (Å²) in [5.74, 6) is -0.216. The van der Waals surface area contributed by atoms with Crippen molar-refractivity contribution < 1.29 is 13.9 Å². The molecule has 1 aromatic carbocycles. The highest BCUT2D eigenvalue weighted by atomic mass is 19.1. The lowest BCUT2D eigenvalue weighted by Crippen LogP contribution is -2.35. The minimum absolute atomic E-state index is 0.155. The van der Waals surface area contributed by atoms with Crippen LogP contribution in [0.15, 0.2) is 42.6 Å². The van der Waals surface area contributed by atoms with Crippen molar-refractivity contribution in [3.8, 4) is 17.7 Å². The molecule has 0 aliphatic rings. The van der Waals surface area contributed by atoms with Gasteiger partial charge in [0.25, 0.3) is 0 Å². The van der Waals surface area contributed by atoms with E-state index >= 15 is 0 Å². The number of benzene rings is 1. The lowest BCUT2D eigenvalue weighted by Gasteiger charge is -2.16. The molecular formula is C17H16FN3O2. The van der Waals surface area contributed by atoms with Crippen LogP contribution >= 0.6 is 0 Å². The number of ether oxygens (including phenoxy) is 1. The van der Waals surface area contributed by atoms with Gasteiger partial charge in [-0.15, -0.1) is 0 Å². The smallest absolute Gasteiger partial charge is 0.240 e. The summed E-state index contributed by atoms with van der Waals surface area (Å²) in [6.07, 6.45) is 1.54. The minimum atomic E-state index is -1.12. The van der Waals surface area contributed by atoms with E-state index < -0.39 is 11.2 Å². The first-order valence-electron chi connectivity index (χ1n) is 6.99. The molecule has 0 unspecified atom stereocenters. The lowest BCUT2D eigenvalue weighted by molar-refractivity contribution is -0.126. The summed E-state index contributed by atoms with van der Waals surface area (Å²) in [5, 5.41) is 11.6. The number of halogens is 1. The van der Waals surface area contributed by atoms with Gasteiger partial charge in [-0.25, -0.2) is 9.37 Å². The Labute approximate surface area is 133 Å². The Balaban J connectivity index is 2.12. The maximum absolute atomic E-state index is 13.2. The quantitative estimate of drug-likeness (QED) is 0.920. The molecule has 0 bridgehead atoms. The fourth-order valence-corrected chi connectivity index (χ4v) is 1.74. The maximum atomic E-state index is 13.2. The standard InChI is InChI=1S/C17H16FN3O2/c1-17(2,11-19)16(22)21-10-12-5-4-8-20-15(12)23-14-7-3-6-13(18)9-14/h3-9H,10H2,1-2H3,(H,21,22). The number of rotatable bonds is 5. The molecule has 5 nitrogen and oxygen atoms in total. The number of carbonyl (C=O) groups is 1. The number of nitrogens with one attached hydrogen (secondary N) is 1. The van der Waals surface area contributed by atoms with Gasteiger partial charge in [0, 0.05) is 24.4 Å². The Hall–Kier alpha value is -2.94. The number of nitriles is 1. The molecule has 23 heavy (non-hydrogen) atoms. The summed E-state index contributed by atoms with van der Waals surface area (Å²) in [6.45, 7) is 3.23. The second-order valence-corrected chi connectivity index (χ2v) is 5.45. The zero-order valence-electron chi connectivity index (χ0n) is 12.8. The van der Waals surface area contributed by atoms with Crippen LogP contribution in [-0.2, 0) is 11.3 Å². The van der Waals surface area contributed by atoms with Crippen LogP contribution in [0, 0.1) is 22.6 Å². The molecule has 2 rings (SSSR count). The maximum Gasteiger partial charge on any atom is 0.240 e. The highest BCUT2D eigenvalue weighted by Crippen LogP contribution is 2.23. The molecule has 1 N–H and O–H groups in total. The third kappa shape index (κ3) is 4.27. The Kier molecular flexibility index (Phi) is 4.91. The number of pyridine rings is 1. The van der Waals surface area contributed by atoms with Crippen LogP contribution in [0.25, 0.3) is 0 Å². The molecular weight excluding hydrogens is 297 g/mol. The predicted octanol–water partition coefficient (Wildman–Crippen LogP) is 3.18. The minimum Gasteiger partial charge on any atom is -0.439 e. The van der Waals surface area contributed by atoms with Gasteiger partial charge in [0.1, 0.15) is 17.0 Å². The Morgan fingerprint density at radius 3 is 2.87 bits per heavy atom. The number of hydrogen-bond acceptors (Lipinski definition) is 4. The summed E-state index contributed by atoms with van der Waals surface area (Å²) >= 11 is 0. The number of aromatic nitrogens is 1. The Morgan fingerprint density at radius 2 is 2.17 bits per heavy atom. The normalized spacial score (nSPS) is 10.7. The van der Waals surface area contributed by atoms with Gasteiger partial charge < -0.3 is 10.1 Å². The van der Waals surface area contributed by atoms with Gasteiger partial charge in [0.2, 0.25) is 11.8 Å². The van der Waals surface area contributed by atoms with Gasteiger partial charge >= 0.3 is 0 Å². The average molecular weight is 313 g/mol. The highest BCUT2D eigenvalue weighted by Gasteiger charge is 2.27. The average Bonchev–Trinajstić information content (AvgIpc) is 2.53.